The van der Waals surface area contributed by atoms with E-state index < -0.39 is 25.2 Å². The molecule has 1 N–H and O–H groups in total. The quantitative estimate of drug-likeness (QED) is 0.691. The third-order valence-corrected chi connectivity index (χ3v) is 7.51. The second-order valence-electron chi connectivity index (χ2n) is 5.61. The molecule has 9 heteroatoms. The van der Waals surface area contributed by atoms with Crippen LogP contribution in [0.25, 0.3) is 0 Å². The van der Waals surface area contributed by atoms with Crippen molar-refractivity contribution in [2.75, 3.05) is 24.3 Å². The molecule has 0 unspecified atom stereocenters. The summed E-state index contributed by atoms with van der Waals surface area (Å²) < 4.78 is 45.9. The van der Waals surface area contributed by atoms with Crippen molar-refractivity contribution in [3.8, 4) is 0 Å². The highest BCUT2D eigenvalue weighted by atomic mass is 32.2. The molecule has 114 valence electrons. The molecule has 0 amide bonds. The van der Waals surface area contributed by atoms with E-state index in [4.69, 9.17) is 12.2 Å². The van der Waals surface area contributed by atoms with Crippen LogP contribution in [0.15, 0.2) is 11.5 Å². The van der Waals surface area contributed by atoms with Gasteiger partial charge >= 0.3 is 0 Å². The lowest BCUT2D eigenvalue weighted by molar-refractivity contribution is 0.258. The van der Waals surface area contributed by atoms with E-state index in [-0.39, 0.29) is 23.3 Å². The van der Waals surface area contributed by atoms with E-state index in [1.165, 1.54) is 5.41 Å². The molecule has 0 aliphatic carbocycles. The Hall–Kier alpha value is -0.670. The third-order valence-electron chi connectivity index (χ3n) is 3.84. The second kappa shape index (κ2) is 4.96. The maximum Gasteiger partial charge on any atom is 0.173 e. The lowest BCUT2D eigenvalue weighted by Gasteiger charge is -2.37. The monoisotopic (exact) mass is 338 g/mol. The number of thiocarbonyl (C=S) groups is 1. The van der Waals surface area contributed by atoms with Gasteiger partial charge in [-0.1, -0.05) is 0 Å². The number of sulfone groups is 2. The molecular formula is C11H18N2O4S3. The molecule has 1 saturated heterocycles. The third kappa shape index (κ3) is 3.32. The van der Waals surface area contributed by atoms with Gasteiger partial charge in [0, 0.05) is 12.5 Å². The van der Waals surface area contributed by atoms with Crippen molar-refractivity contribution in [1.29, 1.82) is 0 Å². The van der Waals surface area contributed by atoms with Gasteiger partial charge in [0.1, 0.15) is 0 Å². The minimum atomic E-state index is -3.14. The van der Waals surface area contributed by atoms with Crippen molar-refractivity contribution in [1.82, 2.24) is 10.2 Å². The smallest absolute Gasteiger partial charge is 0.173 e. The van der Waals surface area contributed by atoms with Crippen LogP contribution < -0.4 is 5.32 Å². The van der Waals surface area contributed by atoms with Crippen LogP contribution in [-0.2, 0) is 19.7 Å². The van der Waals surface area contributed by atoms with Crippen molar-refractivity contribution < 1.29 is 16.8 Å². The van der Waals surface area contributed by atoms with Gasteiger partial charge in [0.25, 0.3) is 0 Å². The van der Waals surface area contributed by atoms with Gasteiger partial charge in [0.2, 0.25) is 0 Å². The van der Waals surface area contributed by atoms with E-state index in [9.17, 15) is 16.8 Å². The Morgan fingerprint density at radius 1 is 1.40 bits per heavy atom. The van der Waals surface area contributed by atoms with E-state index >= 15 is 0 Å². The van der Waals surface area contributed by atoms with Gasteiger partial charge in [-0.15, -0.1) is 0 Å². The predicted octanol–water partition coefficient (Wildman–Crippen LogP) is -0.319. The zero-order valence-electron chi connectivity index (χ0n) is 11.4. The lowest BCUT2D eigenvalue weighted by Crippen LogP contribution is -2.54. The van der Waals surface area contributed by atoms with Gasteiger partial charge in [-0.3, -0.25) is 0 Å². The van der Waals surface area contributed by atoms with Gasteiger partial charge in [-0.05, 0) is 31.6 Å². The summed E-state index contributed by atoms with van der Waals surface area (Å²) in [5, 5.41) is 4.51. The number of hydrogen-bond donors (Lipinski definition) is 1. The highest BCUT2D eigenvalue weighted by Gasteiger charge is 2.42. The fourth-order valence-electron chi connectivity index (χ4n) is 2.42. The number of nitrogens with one attached hydrogen (secondary N) is 1. The molecule has 6 nitrogen and oxygen atoms in total. The largest absolute Gasteiger partial charge is 0.355 e. The van der Waals surface area contributed by atoms with Crippen LogP contribution >= 0.6 is 12.2 Å². The van der Waals surface area contributed by atoms with E-state index in [1.807, 2.05) is 6.92 Å². The Bertz CT molecular complexity index is 653. The molecule has 0 aromatic carbocycles. The van der Waals surface area contributed by atoms with Crippen LogP contribution in [0.5, 0.6) is 0 Å². The Balaban J connectivity index is 2.02. The van der Waals surface area contributed by atoms with E-state index in [2.05, 4.69) is 5.32 Å². The van der Waals surface area contributed by atoms with Crippen molar-refractivity contribution in [2.24, 2.45) is 0 Å². The minimum absolute atomic E-state index is 0.0179. The lowest BCUT2D eigenvalue weighted by atomic mass is 10.0. The molecule has 1 fully saturated rings. The van der Waals surface area contributed by atoms with E-state index in [0.29, 0.717) is 11.5 Å². The summed E-state index contributed by atoms with van der Waals surface area (Å²) in [6.07, 6.45) is 2.08. The summed E-state index contributed by atoms with van der Waals surface area (Å²) in [6.45, 7) is 1.85. The molecule has 0 radical (unpaired) electrons. The number of hydrogen-bond acceptors (Lipinski definition) is 5. The van der Waals surface area contributed by atoms with Crippen LogP contribution in [-0.4, -0.2) is 62.7 Å². The van der Waals surface area contributed by atoms with E-state index in [0.717, 1.165) is 0 Å². The van der Waals surface area contributed by atoms with Gasteiger partial charge in [0.15, 0.2) is 24.8 Å². The summed E-state index contributed by atoms with van der Waals surface area (Å²) in [7, 11) is -4.41. The Labute approximate surface area is 125 Å². The first-order valence-corrected chi connectivity index (χ1v) is 10.1. The highest BCUT2D eigenvalue weighted by Crippen LogP contribution is 2.28. The molecule has 2 aliphatic rings. The molecule has 2 aliphatic heterocycles. The van der Waals surface area contributed by atoms with Crippen molar-refractivity contribution in [3.63, 3.8) is 0 Å². The molecule has 2 atom stereocenters. The molecule has 20 heavy (non-hydrogen) atoms. The molecule has 0 saturated carbocycles. The summed E-state index contributed by atoms with van der Waals surface area (Å²) in [5.41, 5.74) is -0.538. The standard InChI is InChI=1S/C11H18N2O4S3/c1-11(4-6-20(16,17)8-11)13(2)10(18)12-9-3-5-19(14,15)7-9/h3,5,9H,4,6-8H2,1-2H3,(H,12,18)/t9-,11+/m0/s1. The first kappa shape index (κ1) is 15.7. The fourth-order valence-corrected chi connectivity index (χ4v) is 6.21. The molecular weight excluding hydrogens is 320 g/mol. The zero-order valence-corrected chi connectivity index (χ0v) is 13.8. The predicted molar refractivity (Wildman–Crippen MR) is 81.9 cm³/mol. The van der Waals surface area contributed by atoms with Crippen molar-refractivity contribution in [2.45, 2.75) is 24.9 Å². The Kier molecular flexibility index (Phi) is 3.89. The second-order valence-corrected chi connectivity index (χ2v) is 10.1. The fraction of sp³-hybridized carbons (Fsp3) is 0.727. The van der Waals surface area contributed by atoms with Crippen LogP contribution in [0.2, 0.25) is 0 Å². The minimum Gasteiger partial charge on any atom is -0.355 e. The molecule has 2 rings (SSSR count). The molecule has 2 heterocycles. The van der Waals surface area contributed by atoms with Crippen LogP contribution in [0.1, 0.15) is 13.3 Å². The molecule has 0 aromatic rings. The average Bonchev–Trinajstić information content (AvgIpc) is 2.78. The van der Waals surface area contributed by atoms with Crippen LogP contribution in [0.4, 0.5) is 0 Å². The first-order chi connectivity index (χ1) is 9.03. The van der Waals surface area contributed by atoms with Crippen LogP contribution in [0, 0.1) is 0 Å². The molecule has 0 aromatic heterocycles. The summed E-state index contributed by atoms with van der Waals surface area (Å²) >= 11 is 5.26. The summed E-state index contributed by atoms with van der Waals surface area (Å²) in [5.74, 6) is 0.210. The van der Waals surface area contributed by atoms with Gasteiger partial charge < -0.3 is 10.2 Å². The summed E-state index contributed by atoms with van der Waals surface area (Å²) in [4.78, 5) is 1.73. The van der Waals surface area contributed by atoms with E-state index in [1.54, 1.807) is 18.0 Å². The molecule has 0 bridgehead atoms. The van der Waals surface area contributed by atoms with Gasteiger partial charge in [0.05, 0.1) is 28.8 Å². The average molecular weight is 338 g/mol. The maximum absolute atomic E-state index is 11.6. The molecule has 0 spiro atoms. The summed E-state index contributed by atoms with van der Waals surface area (Å²) in [6, 6.07) is -0.350. The highest BCUT2D eigenvalue weighted by molar-refractivity contribution is 7.94. The van der Waals surface area contributed by atoms with Crippen molar-refractivity contribution >= 4 is 37.0 Å². The Morgan fingerprint density at radius 3 is 2.50 bits per heavy atom. The van der Waals surface area contributed by atoms with Crippen molar-refractivity contribution in [3.05, 3.63) is 11.5 Å². The normalized spacial score (nSPS) is 34.0. The van der Waals surface area contributed by atoms with Gasteiger partial charge in [-0.2, -0.15) is 0 Å². The van der Waals surface area contributed by atoms with Gasteiger partial charge in [-0.25, -0.2) is 16.8 Å². The zero-order chi connectivity index (χ0) is 15.2. The Morgan fingerprint density at radius 2 is 2.05 bits per heavy atom. The SMILES string of the molecule is CN(C(=S)N[C@H]1C=CS(=O)(=O)C1)[C@]1(C)CCS(=O)(=O)C1. The van der Waals surface area contributed by atoms with Crippen LogP contribution in [0.3, 0.4) is 0 Å². The first-order valence-electron chi connectivity index (χ1n) is 6.19. The number of rotatable bonds is 2. The topological polar surface area (TPSA) is 83.6 Å². The maximum atomic E-state index is 11.6. The number of nitrogens with zero attached hydrogens (tertiary/aromatic N) is 1.